The number of hydrogen-bond acceptors (Lipinski definition) is 5. The molecule has 0 saturated carbocycles. The molecule has 0 aliphatic carbocycles. The van der Waals surface area contributed by atoms with Crippen LogP contribution in [-0.4, -0.2) is 51.0 Å². The van der Waals surface area contributed by atoms with Crippen molar-refractivity contribution >= 4 is 37.5 Å². The summed E-state index contributed by atoms with van der Waals surface area (Å²) in [6.07, 6.45) is -0.141. The highest BCUT2D eigenvalue weighted by atomic mass is 79.9. The van der Waals surface area contributed by atoms with E-state index < -0.39 is 10.0 Å². The van der Waals surface area contributed by atoms with E-state index in [2.05, 4.69) is 21.2 Å². The van der Waals surface area contributed by atoms with Crippen LogP contribution in [0, 0.1) is 0 Å². The highest BCUT2D eigenvalue weighted by Gasteiger charge is 2.27. The second-order valence-corrected chi connectivity index (χ2v) is 9.66. The van der Waals surface area contributed by atoms with Crippen LogP contribution in [-0.2, 0) is 14.8 Å². The Morgan fingerprint density at radius 2 is 1.90 bits per heavy atom. The lowest BCUT2D eigenvalue weighted by Gasteiger charge is -2.26. The van der Waals surface area contributed by atoms with Gasteiger partial charge >= 0.3 is 0 Å². The maximum Gasteiger partial charge on any atom is 0.255 e. The molecule has 0 atom stereocenters. The third-order valence-electron chi connectivity index (χ3n) is 4.26. The molecule has 9 heteroatoms. The van der Waals surface area contributed by atoms with Crippen molar-refractivity contribution in [1.82, 2.24) is 4.31 Å². The fourth-order valence-electron chi connectivity index (χ4n) is 2.88. The first-order valence-corrected chi connectivity index (χ1v) is 11.5. The summed E-state index contributed by atoms with van der Waals surface area (Å²) in [6, 6.07) is 11.5. The molecule has 1 aliphatic heterocycles. The third-order valence-corrected chi connectivity index (χ3v) is 6.64. The maximum atomic E-state index is 13.0. The number of morpholine rings is 1. The summed E-state index contributed by atoms with van der Waals surface area (Å²) in [6.45, 7) is 5.04. The van der Waals surface area contributed by atoms with Gasteiger partial charge in [-0.2, -0.15) is 4.31 Å². The van der Waals surface area contributed by atoms with E-state index in [4.69, 9.17) is 9.47 Å². The first-order valence-electron chi connectivity index (χ1n) is 9.23. The number of sulfonamides is 1. The molecule has 1 amide bonds. The molecule has 3 rings (SSSR count). The van der Waals surface area contributed by atoms with Crippen molar-refractivity contribution in [2.45, 2.75) is 24.8 Å². The van der Waals surface area contributed by atoms with Crippen molar-refractivity contribution in [3.05, 3.63) is 52.5 Å². The Balaban J connectivity index is 1.94. The van der Waals surface area contributed by atoms with Crippen LogP contribution in [0.2, 0.25) is 0 Å². The molecule has 0 spiro atoms. The minimum absolute atomic E-state index is 0.0973. The molecule has 0 unspecified atom stereocenters. The van der Waals surface area contributed by atoms with Crippen LogP contribution in [0.15, 0.2) is 51.8 Å². The zero-order valence-corrected chi connectivity index (χ0v) is 18.6. The molecule has 0 bridgehead atoms. The molecule has 1 saturated heterocycles. The normalized spacial score (nSPS) is 15.3. The molecule has 29 heavy (non-hydrogen) atoms. The predicted molar refractivity (Wildman–Crippen MR) is 114 cm³/mol. The molecule has 0 aromatic heterocycles. The second-order valence-electron chi connectivity index (χ2n) is 6.81. The van der Waals surface area contributed by atoms with E-state index in [0.29, 0.717) is 43.3 Å². The van der Waals surface area contributed by atoms with Crippen molar-refractivity contribution in [2.24, 2.45) is 0 Å². The van der Waals surface area contributed by atoms with E-state index in [-0.39, 0.29) is 16.9 Å². The van der Waals surface area contributed by atoms with E-state index in [0.717, 1.165) is 4.47 Å². The predicted octanol–water partition coefficient (Wildman–Crippen LogP) is 3.51. The van der Waals surface area contributed by atoms with Crippen LogP contribution in [0.25, 0.3) is 0 Å². The van der Waals surface area contributed by atoms with Gasteiger partial charge < -0.3 is 14.8 Å². The summed E-state index contributed by atoms with van der Waals surface area (Å²) in [7, 11) is -3.70. The number of benzene rings is 2. The van der Waals surface area contributed by atoms with Gasteiger partial charge in [-0.05, 0) is 50.2 Å². The number of halogens is 1. The zero-order valence-electron chi connectivity index (χ0n) is 16.2. The van der Waals surface area contributed by atoms with Gasteiger partial charge in [0, 0.05) is 23.1 Å². The largest absolute Gasteiger partial charge is 0.489 e. The molecule has 2 aromatic rings. The lowest BCUT2D eigenvalue weighted by atomic mass is 10.2. The topological polar surface area (TPSA) is 84.9 Å². The van der Waals surface area contributed by atoms with Gasteiger partial charge in [0.05, 0.1) is 29.9 Å². The number of anilines is 1. The summed E-state index contributed by atoms with van der Waals surface area (Å²) >= 11 is 3.35. The standard InChI is InChI=1S/C20H23BrN2O5S/c1-14(2)28-19-7-6-17(29(25,26)23-8-10-27-11-9-23)13-18(19)22-20(24)15-4-3-5-16(21)12-15/h3-7,12-14H,8-11H2,1-2H3,(H,22,24). The SMILES string of the molecule is CC(C)Oc1ccc(S(=O)(=O)N2CCOCC2)cc1NC(=O)c1cccc(Br)c1. The van der Waals surface area contributed by atoms with Gasteiger partial charge in [0.25, 0.3) is 5.91 Å². The Morgan fingerprint density at radius 3 is 2.55 bits per heavy atom. The number of ether oxygens (including phenoxy) is 2. The Bertz CT molecular complexity index is 988. The van der Waals surface area contributed by atoms with Crippen LogP contribution in [0.5, 0.6) is 5.75 Å². The lowest BCUT2D eigenvalue weighted by molar-refractivity contribution is 0.0730. The number of nitrogens with zero attached hydrogens (tertiary/aromatic N) is 1. The average molecular weight is 483 g/mol. The number of nitrogens with one attached hydrogen (secondary N) is 1. The van der Waals surface area contributed by atoms with Crippen molar-refractivity contribution in [3.8, 4) is 5.75 Å². The van der Waals surface area contributed by atoms with Gasteiger partial charge in [-0.3, -0.25) is 4.79 Å². The van der Waals surface area contributed by atoms with Gasteiger partial charge in [0.1, 0.15) is 5.75 Å². The Kier molecular flexibility index (Phi) is 6.94. The van der Waals surface area contributed by atoms with Crippen LogP contribution in [0.4, 0.5) is 5.69 Å². The van der Waals surface area contributed by atoms with E-state index >= 15 is 0 Å². The van der Waals surface area contributed by atoms with Gasteiger partial charge in [0.15, 0.2) is 0 Å². The molecule has 7 nitrogen and oxygen atoms in total. The first kappa shape index (κ1) is 21.8. The van der Waals surface area contributed by atoms with E-state index in [1.165, 1.54) is 16.4 Å². The zero-order chi connectivity index (χ0) is 21.0. The monoisotopic (exact) mass is 482 g/mol. The highest BCUT2D eigenvalue weighted by Crippen LogP contribution is 2.31. The number of carbonyl (C=O) groups excluding carboxylic acids is 1. The van der Waals surface area contributed by atoms with Gasteiger partial charge in [-0.15, -0.1) is 0 Å². The smallest absolute Gasteiger partial charge is 0.255 e. The summed E-state index contributed by atoms with van der Waals surface area (Å²) in [5, 5.41) is 2.78. The fraction of sp³-hybridized carbons (Fsp3) is 0.350. The van der Waals surface area contributed by atoms with Crippen molar-refractivity contribution in [2.75, 3.05) is 31.6 Å². The lowest BCUT2D eigenvalue weighted by Crippen LogP contribution is -2.40. The molecule has 1 N–H and O–H groups in total. The molecule has 1 aliphatic rings. The van der Waals surface area contributed by atoms with E-state index in [1.54, 1.807) is 24.3 Å². The van der Waals surface area contributed by atoms with Gasteiger partial charge in [0.2, 0.25) is 10.0 Å². The van der Waals surface area contributed by atoms with Crippen LogP contribution >= 0.6 is 15.9 Å². The highest BCUT2D eigenvalue weighted by molar-refractivity contribution is 9.10. The minimum Gasteiger partial charge on any atom is -0.489 e. The second kappa shape index (κ2) is 9.25. The van der Waals surface area contributed by atoms with Crippen molar-refractivity contribution in [3.63, 3.8) is 0 Å². The van der Waals surface area contributed by atoms with Crippen LogP contribution < -0.4 is 10.1 Å². The molecule has 2 aromatic carbocycles. The average Bonchev–Trinajstić information content (AvgIpc) is 2.69. The molecule has 156 valence electrons. The molecular weight excluding hydrogens is 460 g/mol. The number of hydrogen-bond donors (Lipinski definition) is 1. The Hall–Kier alpha value is -1.94. The van der Waals surface area contributed by atoms with Crippen LogP contribution in [0.1, 0.15) is 24.2 Å². The summed E-state index contributed by atoms with van der Waals surface area (Å²) in [5.41, 5.74) is 0.745. The molecule has 1 fully saturated rings. The summed E-state index contributed by atoms with van der Waals surface area (Å²) < 4.78 is 39.1. The molecular formula is C20H23BrN2O5S. The number of amides is 1. The minimum atomic E-state index is -3.70. The Labute approximate surface area is 179 Å². The fourth-order valence-corrected chi connectivity index (χ4v) is 4.72. The number of rotatable bonds is 6. The van der Waals surface area contributed by atoms with E-state index in [9.17, 15) is 13.2 Å². The molecule has 0 radical (unpaired) electrons. The van der Waals surface area contributed by atoms with Crippen LogP contribution in [0.3, 0.4) is 0 Å². The van der Waals surface area contributed by atoms with Gasteiger partial charge in [-0.1, -0.05) is 22.0 Å². The maximum absolute atomic E-state index is 13.0. The third kappa shape index (κ3) is 5.36. The van der Waals surface area contributed by atoms with Gasteiger partial charge in [-0.25, -0.2) is 8.42 Å². The Morgan fingerprint density at radius 1 is 1.17 bits per heavy atom. The molecule has 1 heterocycles. The summed E-state index contributed by atoms with van der Waals surface area (Å²) in [5.74, 6) is 0.0464. The number of carbonyl (C=O) groups is 1. The van der Waals surface area contributed by atoms with Crippen molar-refractivity contribution < 1.29 is 22.7 Å². The van der Waals surface area contributed by atoms with E-state index in [1.807, 2.05) is 19.9 Å². The quantitative estimate of drug-likeness (QED) is 0.680. The van der Waals surface area contributed by atoms with Crippen molar-refractivity contribution in [1.29, 1.82) is 0 Å². The first-order chi connectivity index (χ1) is 13.8. The summed E-state index contributed by atoms with van der Waals surface area (Å²) in [4.78, 5) is 12.8.